The van der Waals surface area contributed by atoms with Gasteiger partial charge in [-0.1, -0.05) is 12.1 Å². The zero-order valence-electron chi connectivity index (χ0n) is 15.8. The highest BCUT2D eigenvalue weighted by atomic mass is 32.2. The monoisotopic (exact) mass is 403 g/mol. The molecule has 0 fully saturated rings. The predicted molar refractivity (Wildman–Crippen MR) is 113 cm³/mol. The Labute approximate surface area is 171 Å². The number of nitriles is 1. The maximum atomic E-state index is 11.6. The van der Waals surface area contributed by atoms with Gasteiger partial charge in [0.15, 0.2) is 11.5 Å². The largest absolute Gasteiger partial charge is 0.465 e. The first-order chi connectivity index (χ1) is 14.1. The van der Waals surface area contributed by atoms with Crippen LogP contribution in [-0.2, 0) is 4.74 Å². The van der Waals surface area contributed by atoms with Gasteiger partial charge in [-0.3, -0.25) is 5.10 Å². The fraction of sp³-hybridized carbons (Fsp3) is 0.0952. The lowest BCUT2D eigenvalue weighted by molar-refractivity contribution is 0.0601. The molecule has 0 unspecified atom stereocenters. The number of carbonyl (C=O) groups is 1. The van der Waals surface area contributed by atoms with E-state index in [9.17, 15) is 10.1 Å². The van der Waals surface area contributed by atoms with Crippen LogP contribution in [0, 0.1) is 11.3 Å². The van der Waals surface area contributed by atoms with Gasteiger partial charge in [0, 0.05) is 22.3 Å². The van der Waals surface area contributed by atoms with Crippen molar-refractivity contribution in [1.82, 2.24) is 14.6 Å². The Morgan fingerprint density at radius 1 is 1.21 bits per heavy atom. The van der Waals surface area contributed by atoms with E-state index in [1.165, 1.54) is 7.11 Å². The summed E-state index contributed by atoms with van der Waals surface area (Å²) in [4.78, 5) is 17.5. The normalized spacial score (nSPS) is 10.7. The van der Waals surface area contributed by atoms with E-state index in [0.29, 0.717) is 22.6 Å². The van der Waals surface area contributed by atoms with E-state index in [1.807, 2.05) is 30.5 Å². The third-order valence-electron chi connectivity index (χ3n) is 4.51. The molecule has 29 heavy (non-hydrogen) atoms. The second-order valence-corrected chi connectivity index (χ2v) is 7.07. The SMILES string of the molecule is COC(=O)c1ccc(Nc2c(-c3ccc(SC)cc3)nc3c(C#N)c[nH]n23)cc1. The Balaban J connectivity index is 1.78. The molecule has 7 nitrogen and oxygen atoms in total. The molecular weight excluding hydrogens is 386 g/mol. The molecule has 0 spiro atoms. The number of hydrogen-bond acceptors (Lipinski definition) is 6. The lowest BCUT2D eigenvalue weighted by Crippen LogP contribution is -2.02. The Morgan fingerprint density at radius 3 is 2.55 bits per heavy atom. The van der Waals surface area contributed by atoms with Crippen molar-refractivity contribution >= 4 is 34.9 Å². The Kier molecular flexibility index (Phi) is 4.97. The zero-order chi connectivity index (χ0) is 20.4. The number of esters is 1. The van der Waals surface area contributed by atoms with Crippen LogP contribution in [0.4, 0.5) is 11.5 Å². The fourth-order valence-corrected chi connectivity index (χ4v) is 3.42. The summed E-state index contributed by atoms with van der Waals surface area (Å²) >= 11 is 1.67. The fourth-order valence-electron chi connectivity index (χ4n) is 3.01. The van der Waals surface area contributed by atoms with Gasteiger partial charge in [0.1, 0.15) is 17.3 Å². The molecule has 2 N–H and O–H groups in total. The molecule has 8 heteroatoms. The van der Waals surface area contributed by atoms with Crippen molar-refractivity contribution < 1.29 is 9.53 Å². The molecule has 4 aromatic rings. The summed E-state index contributed by atoms with van der Waals surface area (Å²) in [5.74, 6) is 0.310. The van der Waals surface area contributed by atoms with Crippen molar-refractivity contribution in [3.8, 4) is 17.3 Å². The van der Waals surface area contributed by atoms with Gasteiger partial charge >= 0.3 is 5.97 Å². The molecule has 4 rings (SSSR count). The van der Waals surface area contributed by atoms with E-state index in [-0.39, 0.29) is 5.97 Å². The summed E-state index contributed by atoms with van der Waals surface area (Å²) < 4.78 is 6.48. The first-order valence-electron chi connectivity index (χ1n) is 8.74. The Morgan fingerprint density at radius 2 is 1.93 bits per heavy atom. The van der Waals surface area contributed by atoms with Crippen LogP contribution in [0.5, 0.6) is 0 Å². The van der Waals surface area contributed by atoms with E-state index in [2.05, 4.69) is 16.5 Å². The van der Waals surface area contributed by atoms with Gasteiger partial charge in [0.25, 0.3) is 0 Å². The quantitative estimate of drug-likeness (QED) is 0.377. The predicted octanol–water partition coefficient (Wildman–Crippen LogP) is 4.45. The molecule has 0 aliphatic carbocycles. The summed E-state index contributed by atoms with van der Waals surface area (Å²) in [6.07, 6.45) is 3.65. The number of carbonyl (C=O) groups excluding carboxylic acids is 1. The number of ether oxygens (including phenoxy) is 1. The molecule has 0 atom stereocenters. The number of methoxy groups -OCH3 is 1. The van der Waals surface area contributed by atoms with Gasteiger partial charge < -0.3 is 10.1 Å². The summed E-state index contributed by atoms with van der Waals surface area (Å²) in [7, 11) is 1.35. The molecule has 0 radical (unpaired) electrons. The van der Waals surface area contributed by atoms with Crippen molar-refractivity contribution in [2.45, 2.75) is 4.90 Å². The second kappa shape index (κ2) is 7.73. The molecular formula is C21H17N5O2S. The van der Waals surface area contributed by atoms with Crippen LogP contribution in [0.2, 0.25) is 0 Å². The van der Waals surface area contributed by atoms with Gasteiger partial charge in [-0.15, -0.1) is 11.8 Å². The van der Waals surface area contributed by atoms with Crippen LogP contribution in [0.15, 0.2) is 59.6 Å². The molecule has 0 bridgehead atoms. The van der Waals surface area contributed by atoms with Gasteiger partial charge in [0.05, 0.1) is 12.7 Å². The van der Waals surface area contributed by atoms with E-state index in [1.54, 1.807) is 46.7 Å². The molecule has 0 saturated carbocycles. The van der Waals surface area contributed by atoms with Crippen LogP contribution >= 0.6 is 11.8 Å². The number of rotatable bonds is 5. The molecule has 0 amide bonds. The number of benzene rings is 2. The van der Waals surface area contributed by atoms with Gasteiger partial charge in [-0.2, -0.15) is 5.26 Å². The highest BCUT2D eigenvalue weighted by Gasteiger charge is 2.18. The summed E-state index contributed by atoms with van der Waals surface area (Å²) in [6.45, 7) is 0. The lowest BCUT2D eigenvalue weighted by Gasteiger charge is -2.09. The molecule has 2 aromatic carbocycles. The van der Waals surface area contributed by atoms with Gasteiger partial charge in [0.2, 0.25) is 0 Å². The van der Waals surface area contributed by atoms with E-state index < -0.39 is 0 Å². The average molecular weight is 403 g/mol. The summed E-state index contributed by atoms with van der Waals surface area (Å²) in [5, 5.41) is 15.8. The third kappa shape index (κ3) is 3.44. The minimum absolute atomic E-state index is 0.388. The van der Waals surface area contributed by atoms with E-state index in [0.717, 1.165) is 21.8 Å². The molecule has 2 heterocycles. The number of thioether (sulfide) groups is 1. The number of aromatic nitrogens is 3. The van der Waals surface area contributed by atoms with Crippen molar-refractivity contribution in [3.05, 3.63) is 65.9 Å². The number of fused-ring (bicyclic) bond motifs is 1. The van der Waals surface area contributed by atoms with Crippen LogP contribution in [-0.4, -0.2) is 33.9 Å². The Hall–Kier alpha value is -3.70. The van der Waals surface area contributed by atoms with Crippen LogP contribution in [0.3, 0.4) is 0 Å². The lowest BCUT2D eigenvalue weighted by atomic mass is 10.1. The van der Waals surface area contributed by atoms with Crippen molar-refractivity contribution in [3.63, 3.8) is 0 Å². The highest BCUT2D eigenvalue weighted by Crippen LogP contribution is 2.32. The third-order valence-corrected chi connectivity index (χ3v) is 5.25. The number of aromatic amines is 1. The molecule has 0 aliphatic heterocycles. The first kappa shape index (κ1) is 18.7. The summed E-state index contributed by atoms with van der Waals surface area (Å²) in [6, 6.07) is 17.2. The smallest absolute Gasteiger partial charge is 0.337 e. The first-order valence-corrected chi connectivity index (χ1v) is 9.97. The van der Waals surface area contributed by atoms with Crippen molar-refractivity contribution in [2.24, 2.45) is 0 Å². The van der Waals surface area contributed by atoms with Crippen LogP contribution < -0.4 is 5.32 Å². The number of hydrogen-bond donors (Lipinski definition) is 2. The molecule has 0 aliphatic rings. The maximum absolute atomic E-state index is 11.6. The standard InChI is InChI=1S/C21H17N5O2S/c1-28-21(27)14-3-7-16(8-4-14)24-20-18(13-5-9-17(29-2)10-6-13)25-19-15(11-22)12-23-26(19)20/h3-10,12,23-24H,1-2H3. The summed E-state index contributed by atoms with van der Waals surface area (Å²) in [5.41, 5.74) is 3.90. The van der Waals surface area contributed by atoms with Crippen molar-refractivity contribution in [1.29, 1.82) is 5.26 Å². The molecule has 2 aromatic heterocycles. The van der Waals surface area contributed by atoms with E-state index >= 15 is 0 Å². The number of imidazole rings is 1. The minimum atomic E-state index is -0.388. The van der Waals surface area contributed by atoms with Crippen LogP contribution in [0.25, 0.3) is 16.9 Å². The number of anilines is 2. The topological polar surface area (TPSA) is 95.2 Å². The average Bonchev–Trinajstić information content (AvgIpc) is 3.33. The number of nitrogens with one attached hydrogen (secondary N) is 2. The number of H-pyrrole nitrogens is 1. The number of nitrogens with zero attached hydrogens (tertiary/aromatic N) is 3. The van der Waals surface area contributed by atoms with E-state index in [4.69, 9.17) is 9.72 Å². The molecule has 0 saturated heterocycles. The highest BCUT2D eigenvalue weighted by molar-refractivity contribution is 7.98. The minimum Gasteiger partial charge on any atom is -0.465 e. The maximum Gasteiger partial charge on any atom is 0.337 e. The van der Waals surface area contributed by atoms with Gasteiger partial charge in [-0.05, 0) is 42.7 Å². The van der Waals surface area contributed by atoms with Crippen LogP contribution in [0.1, 0.15) is 15.9 Å². The second-order valence-electron chi connectivity index (χ2n) is 6.19. The van der Waals surface area contributed by atoms with Gasteiger partial charge in [-0.25, -0.2) is 14.3 Å². The molecule has 144 valence electrons. The zero-order valence-corrected chi connectivity index (χ0v) is 16.6. The Bertz CT molecular complexity index is 1220. The van der Waals surface area contributed by atoms with Crippen molar-refractivity contribution in [2.75, 3.05) is 18.7 Å².